The van der Waals surface area contributed by atoms with Crippen molar-refractivity contribution in [2.75, 3.05) is 5.32 Å². The van der Waals surface area contributed by atoms with Crippen molar-refractivity contribution in [3.05, 3.63) is 82.5 Å². The van der Waals surface area contributed by atoms with Crippen LogP contribution in [-0.2, 0) is 0 Å². The lowest BCUT2D eigenvalue weighted by molar-refractivity contribution is 0.546. The topological polar surface area (TPSA) is 144 Å². The second-order valence-electron chi connectivity index (χ2n) is 6.27. The second-order valence-corrected chi connectivity index (χ2v) is 6.27. The molecule has 0 saturated carbocycles. The zero-order chi connectivity index (χ0) is 21.8. The Labute approximate surface area is 175 Å². The van der Waals surface area contributed by atoms with Crippen LogP contribution < -0.4 is 10.9 Å². The average molecular weight is 405 g/mol. The molecular weight excluding hydrogens is 394 g/mol. The number of allylic oxidation sites excluding steroid dienone is 2. The molecule has 0 atom stereocenters. The first-order valence-electron chi connectivity index (χ1n) is 8.90. The smallest absolute Gasteiger partial charge is 0.364 e. The molecule has 2 aromatic carbocycles. The van der Waals surface area contributed by atoms with Crippen molar-refractivity contribution < 1.29 is 4.42 Å². The number of nitriles is 3. The summed E-state index contributed by atoms with van der Waals surface area (Å²) in [6.45, 7) is 0. The third-order valence-electron chi connectivity index (χ3n) is 4.35. The van der Waals surface area contributed by atoms with E-state index in [4.69, 9.17) is 20.2 Å². The Morgan fingerprint density at radius 3 is 2.48 bits per heavy atom. The van der Waals surface area contributed by atoms with Crippen LogP contribution in [0.1, 0.15) is 0 Å². The maximum absolute atomic E-state index is 12.5. The Hall–Kier alpha value is -5.20. The minimum atomic E-state index is -0.648. The van der Waals surface area contributed by atoms with Crippen molar-refractivity contribution in [1.29, 1.82) is 15.8 Å². The van der Waals surface area contributed by atoms with Gasteiger partial charge >= 0.3 is 5.63 Å². The molecule has 0 saturated heterocycles. The molecule has 146 valence electrons. The fourth-order valence-corrected chi connectivity index (χ4v) is 2.87. The lowest BCUT2D eigenvalue weighted by Gasteiger charge is -2.06. The SMILES string of the molecule is N#CC(C#N)=C(C#N)Nc1ccc2cc(-n3ncc(-c4ccccc4)n3)c(=O)oc2c1. The van der Waals surface area contributed by atoms with E-state index < -0.39 is 5.63 Å². The van der Waals surface area contributed by atoms with Crippen LogP contribution in [0.4, 0.5) is 5.69 Å². The number of anilines is 1. The molecule has 2 aromatic heterocycles. The highest BCUT2D eigenvalue weighted by Crippen LogP contribution is 2.22. The van der Waals surface area contributed by atoms with Gasteiger partial charge in [0.25, 0.3) is 0 Å². The van der Waals surface area contributed by atoms with E-state index in [0.29, 0.717) is 16.8 Å². The van der Waals surface area contributed by atoms with Gasteiger partial charge in [0.2, 0.25) is 0 Å². The molecule has 0 fully saturated rings. The van der Waals surface area contributed by atoms with E-state index in [-0.39, 0.29) is 22.5 Å². The van der Waals surface area contributed by atoms with E-state index in [1.54, 1.807) is 42.6 Å². The highest BCUT2D eigenvalue weighted by Gasteiger charge is 2.13. The van der Waals surface area contributed by atoms with Crippen LogP contribution in [0.5, 0.6) is 0 Å². The van der Waals surface area contributed by atoms with Gasteiger partial charge in [-0.1, -0.05) is 30.3 Å². The van der Waals surface area contributed by atoms with Crippen LogP contribution in [0.3, 0.4) is 0 Å². The fourth-order valence-electron chi connectivity index (χ4n) is 2.87. The van der Waals surface area contributed by atoms with Gasteiger partial charge in [0, 0.05) is 22.7 Å². The van der Waals surface area contributed by atoms with Crippen molar-refractivity contribution >= 4 is 16.7 Å². The van der Waals surface area contributed by atoms with E-state index in [1.165, 1.54) is 10.9 Å². The molecule has 4 aromatic rings. The van der Waals surface area contributed by atoms with Crippen LogP contribution >= 0.6 is 0 Å². The van der Waals surface area contributed by atoms with Gasteiger partial charge in [-0.2, -0.15) is 20.9 Å². The van der Waals surface area contributed by atoms with Gasteiger partial charge in [0.15, 0.2) is 11.3 Å². The Balaban J connectivity index is 1.71. The third-order valence-corrected chi connectivity index (χ3v) is 4.35. The molecule has 1 N–H and O–H groups in total. The number of benzene rings is 2. The lowest BCUT2D eigenvalue weighted by Crippen LogP contribution is -2.12. The van der Waals surface area contributed by atoms with Gasteiger partial charge in [-0.15, -0.1) is 9.90 Å². The molecule has 0 radical (unpaired) electrons. The number of nitrogens with one attached hydrogen (secondary N) is 1. The molecule has 0 bridgehead atoms. The Morgan fingerprint density at radius 1 is 1.00 bits per heavy atom. The zero-order valence-electron chi connectivity index (χ0n) is 15.8. The van der Waals surface area contributed by atoms with Crippen molar-refractivity contribution in [2.24, 2.45) is 0 Å². The first kappa shape index (κ1) is 19.1. The third kappa shape index (κ3) is 3.73. The summed E-state index contributed by atoms with van der Waals surface area (Å²) >= 11 is 0. The molecule has 9 heteroatoms. The summed E-state index contributed by atoms with van der Waals surface area (Å²) in [5.74, 6) is 0. The number of fused-ring (bicyclic) bond motifs is 1. The van der Waals surface area contributed by atoms with Gasteiger partial charge < -0.3 is 9.73 Å². The summed E-state index contributed by atoms with van der Waals surface area (Å²) in [6.07, 6.45) is 1.56. The van der Waals surface area contributed by atoms with Gasteiger partial charge in [-0.05, 0) is 18.2 Å². The summed E-state index contributed by atoms with van der Waals surface area (Å²) in [5, 5.41) is 38.8. The maximum atomic E-state index is 12.5. The molecule has 0 amide bonds. The van der Waals surface area contributed by atoms with Crippen LogP contribution in [-0.4, -0.2) is 15.0 Å². The Kier molecular flexibility index (Phi) is 4.96. The van der Waals surface area contributed by atoms with Crippen molar-refractivity contribution in [3.8, 4) is 35.2 Å². The fraction of sp³-hybridized carbons (Fsp3) is 0. The first-order valence-corrected chi connectivity index (χ1v) is 8.90. The predicted molar refractivity (Wildman–Crippen MR) is 110 cm³/mol. The Bertz CT molecular complexity index is 1490. The molecule has 31 heavy (non-hydrogen) atoms. The quantitative estimate of drug-likeness (QED) is 0.402. The highest BCUT2D eigenvalue weighted by atomic mass is 16.4. The summed E-state index contributed by atoms with van der Waals surface area (Å²) in [7, 11) is 0. The van der Waals surface area contributed by atoms with E-state index in [2.05, 4.69) is 15.5 Å². The van der Waals surface area contributed by atoms with Crippen molar-refractivity contribution in [2.45, 2.75) is 0 Å². The van der Waals surface area contributed by atoms with Crippen molar-refractivity contribution in [1.82, 2.24) is 15.0 Å². The highest BCUT2D eigenvalue weighted by molar-refractivity contribution is 5.82. The predicted octanol–water partition coefficient (Wildman–Crippen LogP) is 3.28. The van der Waals surface area contributed by atoms with E-state index >= 15 is 0 Å². The summed E-state index contributed by atoms with van der Waals surface area (Å²) in [4.78, 5) is 13.7. The number of rotatable bonds is 4. The minimum absolute atomic E-state index is 0.143. The van der Waals surface area contributed by atoms with Crippen LogP contribution in [0.2, 0.25) is 0 Å². The monoisotopic (exact) mass is 405 g/mol. The van der Waals surface area contributed by atoms with Gasteiger partial charge in [0.05, 0.1) is 6.20 Å². The molecule has 0 unspecified atom stereocenters. The average Bonchev–Trinajstić information content (AvgIpc) is 3.29. The van der Waals surface area contributed by atoms with Crippen LogP contribution in [0, 0.1) is 34.0 Å². The maximum Gasteiger partial charge on any atom is 0.364 e. The molecule has 0 aliphatic rings. The minimum Gasteiger partial charge on any atom is -0.421 e. The second kappa shape index (κ2) is 8.04. The molecule has 0 aliphatic heterocycles. The lowest BCUT2D eigenvalue weighted by atomic mass is 10.2. The summed E-state index contributed by atoms with van der Waals surface area (Å²) in [5.41, 5.74) is 1.06. The zero-order valence-corrected chi connectivity index (χ0v) is 15.8. The largest absolute Gasteiger partial charge is 0.421 e. The van der Waals surface area contributed by atoms with Crippen LogP contribution in [0.25, 0.3) is 27.9 Å². The van der Waals surface area contributed by atoms with Crippen molar-refractivity contribution in [3.63, 3.8) is 0 Å². The van der Waals surface area contributed by atoms with E-state index in [9.17, 15) is 4.79 Å². The molecule has 9 nitrogen and oxygen atoms in total. The number of nitrogens with zero attached hydrogens (tertiary/aromatic N) is 6. The van der Waals surface area contributed by atoms with Gasteiger partial charge in [0.1, 0.15) is 35.2 Å². The number of aromatic nitrogens is 3. The summed E-state index contributed by atoms with van der Waals surface area (Å²) < 4.78 is 5.41. The van der Waals surface area contributed by atoms with E-state index in [1.807, 2.05) is 30.3 Å². The molecule has 4 rings (SSSR count). The van der Waals surface area contributed by atoms with Gasteiger partial charge in [-0.3, -0.25) is 0 Å². The molecule has 0 aliphatic carbocycles. The normalized spacial score (nSPS) is 9.97. The summed E-state index contributed by atoms with van der Waals surface area (Å²) in [6, 6.07) is 20.9. The van der Waals surface area contributed by atoms with E-state index in [0.717, 1.165) is 5.56 Å². The molecular formula is C22H11N7O2. The number of hydrogen-bond acceptors (Lipinski definition) is 8. The van der Waals surface area contributed by atoms with Crippen LogP contribution in [0.15, 0.2) is 81.3 Å². The number of hydrogen-bond donors (Lipinski definition) is 1. The van der Waals surface area contributed by atoms with Gasteiger partial charge in [-0.25, -0.2) is 4.79 Å². The standard InChI is InChI=1S/C22H11N7O2/c23-10-16(11-24)18(12-25)27-17-7-6-15-8-20(22(30)31-21(15)9-17)29-26-13-19(28-29)14-4-2-1-3-5-14/h1-9,13,27H. The molecule has 0 spiro atoms. The molecule has 2 heterocycles. The Morgan fingerprint density at radius 2 is 1.77 bits per heavy atom. The first-order chi connectivity index (χ1) is 15.1.